The summed E-state index contributed by atoms with van der Waals surface area (Å²) >= 11 is 0. The van der Waals surface area contributed by atoms with Crippen molar-refractivity contribution in [1.29, 1.82) is 0 Å². The molecule has 5 rings (SSSR count). The van der Waals surface area contributed by atoms with Gasteiger partial charge in [0.1, 0.15) is 0 Å². The molecule has 2 aliphatic heterocycles. The first kappa shape index (κ1) is 27.0. The van der Waals surface area contributed by atoms with E-state index in [0.29, 0.717) is 63.2 Å². The van der Waals surface area contributed by atoms with E-state index < -0.39 is 6.10 Å². The molecule has 0 radical (unpaired) electrons. The van der Waals surface area contributed by atoms with E-state index in [1.165, 1.54) is 0 Å². The number of aromatic nitrogens is 6. The van der Waals surface area contributed by atoms with Gasteiger partial charge in [0, 0.05) is 57.7 Å². The Labute approximate surface area is 228 Å². The highest BCUT2D eigenvalue weighted by atomic mass is 16.5. The predicted octanol–water partition coefficient (Wildman–Crippen LogP) is 1.17. The second kappa shape index (κ2) is 11.3. The number of piperazine rings is 1. The van der Waals surface area contributed by atoms with Gasteiger partial charge in [-0.3, -0.25) is 9.36 Å². The van der Waals surface area contributed by atoms with Crippen LogP contribution in [0.2, 0.25) is 0 Å². The largest absolute Gasteiger partial charge is 0.393 e. The number of nitrogen functional groups attached to an aromatic ring is 1. The number of hydrogen-bond acceptors (Lipinski definition) is 11. The number of morpholine rings is 1. The van der Waals surface area contributed by atoms with Crippen LogP contribution in [0.4, 0.5) is 17.7 Å². The third-order valence-electron chi connectivity index (χ3n) is 7.05. The quantitative estimate of drug-likeness (QED) is 0.446. The van der Waals surface area contributed by atoms with E-state index in [9.17, 15) is 9.90 Å². The number of fused-ring (bicyclic) bond motifs is 1. The smallest absolute Gasteiger partial charge is 0.225 e. The highest BCUT2D eigenvalue weighted by molar-refractivity contribution is 5.88. The van der Waals surface area contributed by atoms with E-state index >= 15 is 0 Å². The monoisotopic (exact) mass is 538 g/mol. The van der Waals surface area contributed by atoms with Gasteiger partial charge in [-0.15, -0.1) is 0 Å². The molecule has 210 valence electrons. The van der Waals surface area contributed by atoms with Gasteiger partial charge in [-0.1, -0.05) is 13.8 Å². The molecule has 0 spiro atoms. The maximum Gasteiger partial charge on any atom is 0.225 e. The average molecular weight is 539 g/mol. The van der Waals surface area contributed by atoms with E-state index in [1.54, 1.807) is 19.3 Å². The van der Waals surface area contributed by atoms with E-state index in [-0.39, 0.29) is 24.3 Å². The summed E-state index contributed by atoms with van der Waals surface area (Å²) in [6.07, 6.45) is 2.76. The van der Waals surface area contributed by atoms with Crippen LogP contribution in [0.3, 0.4) is 0 Å². The Balaban J connectivity index is 1.58. The number of hydrogen-bond donors (Lipinski definition) is 2. The first-order chi connectivity index (χ1) is 18.7. The molecule has 39 heavy (non-hydrogen) atoms. The van der Waals surface area contributed by atoms with Gasteiger partial charge >= 0.3 is 0 Å². The number of carbonyl (C=O) groups is 1. The predicted molar refractivity (Wildman–Crippen MR) is 148 cm³/mol. The van der Waals surface area contributed by atoms with Gasteiger partial charge in [-0.2, -0.15) is 0 Å². The summed E-state index contributed by atoms with van der Waals surface area (Å²) in [7, 11) is 0. The van der Waals surface area contributed by atoms with Gasteiger partial charge in [-0.05, 0) is 19.8 Å². The topological polar surface area (TPSA) is 152 Å². The van der Waals surface area contributed by atoms with Crippen molar-refractivity contribution in [2.24, 2.45) is 5.92 Å². The molecule has 2 atom stereocenters. The van der Waals surface area contributed by atoms with Gasteiger partial charge in [0.15, 0.2) is 22.8 Å². The van der Waals surface area contributed by atoms with Crippen LogP contribution < -0.4 is 15.5 Å². The highest BCUT2D eigenvalue weighted by Crippen LogP contribution is 2.32. The van der Waals surface area contributed by atoms with Crippen molar-refractivity contribution in [2.45, 2.75) is 52.8 Å². The molecule has 0 bridgehead atoms. The molecule has 1 amide bonds. The van der Waals surface area contributed by atoms with Crippen LogP contribution in [0.15, 0.2) is 12.4 Å². The van der Waals surface area contributed by atoms with Crippen LogP contribution in [0, 0.1) is 5.92 Å². The number of nitrogens with two attached hydrogens (primary N) is 1. The minimum Gasteiger partial charge on any atom is -0.393 e. The molecule has 3 aromatic heterocycles. The zero-order valence-electron chi connectivity index (χ0n) is 23.1. The Kier molecular flexibility index (Phi) is 7.80. The summed E-state index contributed by atoms with van der Waals surface area (Å²) in [5.41, 5.74) is 7.90. The van der Waals surface area contributed by atoms with Crippen LogP contribution in [-0.4, -0.2) is 103 Å². The second-order valence-electron chi connectivity index (χ2n) is 10.8. The number of nitrogens with zero attached hydrogens (tertiary/aromatic N) is 9. The van der Waals surface area contributed by atoms with Gasteiger partial charge in [0.05, 0.1) is 31.3 Å². The molecule has 3 N–H and O–H groups in total. The Morgan fingerprint density at radius 1 is 1.08 bits per heavy atom. The number of ether oxygens (including phenoxy) is 1. The van der Waals surface area contributed by atoms with Crippen molar-refractivity contribution < 1.29 is 14.6 Å². The molecule has 0 aliphatic carbocycles. The van der Waals surface area contributed by atoms with E-state index in [4.69, 9.17) is 25.4 Å². The van der Waals surface area contributed by atoms with Gasteiger partial charge in [-0.25, -0.2) is 24.9 Å². The Morgan fingerprint density at radius 2 is 1.79 bits per heavy atom. The molecule has 0 aromatic carbocycles. The summed E-state index contributed by atoms with van der Waals surface area (Å²) in [5.74, 6) is 2.62. The summed E-state index contributed by atoms with van der Waals surface area (Å²) in [5, 5.41) is 9.71. The lowest BCUT2D eigenvalue weighted by Gasteiger charge is -2.40. The number of aliphatic hydroxyl groups is 1. The van der Waals surface area contributed by atoms with E-state index in [1.807, 2.05) is 11.8 Å². The molecular weight excluding hydrogens is 500 g/mol. The van der Waals surface area contributed by atoms with Crippen LogP contribution >= 0.6 is 0 Å². The van der Waals surface area contributed by atoms with E-state index in [2.05, 4.69) is 38.2 Å². The molecule has 0 unspecified atom stereocenters. The third kappa shape index (κ3) is 5.74. The fourth-order valence-corrected chi connectivity index (χ4v) is 5.21. The third-order valence-corrected chi connectivity index (χ3v) is 7.05. The normalized spacial score (nSPS) is 19.2. The van der Waals surface area contributed by atoms with Crippen molar-refractivity contribution in [3.8, 4) is 11.4 Å². The van der Waals surface area contributed by atoms with Crippen molar-refractivity contribution in [1.82, 2.24) is 34.4 Å². The minimum atomic E-state index is -0.657. The first-order valence-electron chi connectivity index (χ1n) is 13.6. The molecule has 2 fully saturated rings. The summed E-state index contributed by atoms with van der Waals surface area (Å²) in [6, 6.07) is -0.0235. The van der Waals surface area contributed by atoms with Crippen LogP contribution in [0.1, 0.15) is 34.1 Å². The van der Waals surface area contributed by atoms with Crippen molar-refractivity contribution >= 4 is 34.8 Å². The highest BCUT2D eigenvalue weighted by Gasteiger charge is 2.32. The summed E-state index contributed by atoms with van der Waals surface area (Å²) in [6.45, 7) is 13.2. The lowest BCUT2D eigenvalue weighted by molar-refractivity contribution is -0.135. The zero-order chi connectivity index (χ0) is 27.7. The van der Waals surface area contributed by atoms with Crippen molar-refractivity contribution in [3.05, 3.63) is 12.4 Å². The average Bonchev–Trinajstić information content (AvgIpc) is 3.26. The van der Waals surface area contributed by atoms with E-state index in [0.717, 1.165) is 29.5 Å². The van der Waals surface area contributed by atoms with Crippen LogP contribution in [0.5, 0.6) is 0 Å². The number of rotatable bonds is 7. The molecule has 2 aliphatic rings. The number of amides is 1. The fourth-order valence-electron chi connectivity index (χ4n) is 5.21. The Hall–Kier alpha value is -3.58. The summed E-state index contributed by atoms with van der Waals surface area (Å²) in [4.78, 5) is 42.4. The van der Waals surface area contributed by atoms with Gasteiger partial charge in [0.25, 0.3) is 0 Å². The summed E-state index contributed by atoms with van der Waals surface area (Å²) < 4.78 is 7.78. The van der Waals surface area contributed by atoms with Crippen LogP contribution in [-0.2, 0) is 16.1 Å². The number of aliphatic hydroxyl groups excluding tert-OH is 1. The number of anilines is 3. The van der Waals surface area contributed by atoms with Crippen LogP contribution in [0.25, 0.3) is 22.6 Å². The Bertz CT molecular complexity index is 1300. The lowest BCUT2D eigenvalue weighted by atomic mass is 10.1. The van der Waals surface area contributed by atoms with Gasteiger partial charge in [0.2, 0.25) is 17.8 Å². The van der Waals surface area contributed by atoms with Crippen molar-refractivity contribution in [3.63, 3.8) is 0 Å². The zero-order valence-corrected chi connectivity index (χ0v) is 23.1. The molecule has 5 heterocycles. The SMILES string of the molecule is CC(C)Cn1c(N2CCN(C(=O)C[C@@H](C)O)[C@H](C)C2)nc2c(N3CCOCC3)nc(-c3cnc(N)nc3)nc21. The van der Waals surface area contributed by atoms with Gasteiger partial charge < -0.3 is 30.3 Å². The minimum absolute atomic E-state index is 0.0235. The molecule has 2 saturated heterocycles. The number of imidazole rings is 1. The Morgan fingerprint density at radius 3 is 2.44 bits per heavy atom. The molecule has 0 saturated carbocycles. The number of carbonyl (C=O) groups excluding carboxylic acids is 1. The fraction of sp³-hybridized carbons (Fsp3) is 0.615. The molecule has 13 nitrogen and oxygen atoms in total. The maximum absolute atomic E-state index is 12.7. The second-order valence-corrected chi connectivity index (χ2v) is 10.8. The standard InChI is InChI=1S/C26H38N10O3/c1-16(2)14-36-24-21(30-26(36)34-5-6-35(17(3)15-34)20(38)11-18(4)37)23(33-7-9-39-10-8-33)31-22(32-24)19-12-28-25(27)29-13-19/h12-13,16-18,37H,5-11,14-15H2,1-4H3,(H2,27,28,29)/t17-,18-/m1/s1. The molecular formula is C26H38N10O3. The molecule has 3 aromatic rings. The first-order valence-corrected chi connectivity index (χ1v) is 13.6. The molecule has 13 heteroatoms. The van der Waals surface area contributed by atoms with Crippen molar-refractivity contribution in [2.75, 3.05) is 61.5 Å². The maximum atomic E-state index is 12.7. The lowest BCUT2D eigenvalue weighted by Crippen LogP contribution is -2.55.